The van der Waals surface area contributed by atoms with Crippen molar-refractivity contribution >= 4 is 27.3 Å². The van der Waals surface area contributed by atoms with E-state index in [9.17, 15) is 23.3 Å². The van der Waals surface area contributed by atoms with Gasteiger partial charge in [0, 0.05) is 18.7 Å². The van der Waals surface area contributed by atoms with E-state index < -0.39 is 26.9 Å². The largest absolute Gasteiger partial charge is 0.497 e. The first-order chi connectivity index (χ1) is 14.0. The molecular weight excluding hydrogens is 410 g/mol. The summed E-state index contributed by atoms with van der Waals surface area (Å²) in [7, 11) is -2.30. The van der Waals surface area contributed by atoms with Crippen molar-refractivity contribution in [2.75, 3.05) is 24.2 Å². The number of non-ortho nitro benzene ring substituents is 1. The molecule has 0 aromatic heterocycles. The number of hydrogen-bond donors (Lipinski definition) is 1. The SMILES string of the molecule is COc1ccc(CCNC(=O)[C@H](C)N(c2cc([N+](=O)[O-])ccc2C)S(C)(=O)=O)cc1. The molecule has 2 aromatic carbocycles. The Hall–Kier alpha value is -3.14. The molecule has 0 spiro atoms. The molecule has 0 fully saturated rings. The minimum Gasteiger partial charge on any atom is -0.497 e. The molecule has 9 nitrogen and oxygen atoms in total. The molecular formula is C20H25N3O6S. The Bertz CT molecular complexity index is 1020. The number of hydrogen-bond acceptors (Lipinski definition) is 6. The van der Waals surface area contributed by atoms with E-state index >= 15 is 0 Å². The number of carbonyl (C=O) groups is 1. The monoisotopic (exact) mass is 435 g/mol. The van der Waals surface area contributed by atoms with Gasteiger partial charge in [0.2, 0.25) is 15.9 Å². The predicted molar refractivity (Wildman–Crippen MR) is 114 cm³/mol. The zero-order valence-corrected chi connectivity index (χ0v) is 18.1. The summed E-state index contributed by atoms with van der Waals surface area (Å²) in [5, 5.41) is 13.8. The fourth-order valence-corrected chi connectivity index (χ4v) is 4.22. The van der Waals surface area contributed by atoms with Gasteiger partial charge in [0.1, 0.15) is 11.8 Å². The highest BCUT2D eigenvalue weighted by Crippen LogP contribution is 2.29. The van der Waals surface area contributed by atoms with Gasteiger partial charge in [0.05, 0.1) is 24.0 Å². The Morgan fingerprint density at radius 1 is 1.23 bits per heavy atom. The van der Waals surface area contributed by atoms with E-state index in [0.717, 1.165) is 27.9 Å². The molecule has 2 aromatic rings. The number of anilines is 1. The highest BCUT2D eigenvalue weighted by molar-refractivity contribution is 7.92. The van der Waals surface area contributed by atoms with E-state index in [4.69, 9.17) is 4.74 Å². The number of sulfonamides is 1. The van der Waals surface area contributed by atoms with Crippen LogP contribution in [0.15, 0.2) is 42.5 Å². The third kappa shape index (κ3) is 5.69. The number of nitro groups is 1. The van der Waals surface area contributed by atoms with Crippen molar-refractivity contribution in [2.24, 2.45) is 0 Å². The lowest BCUT2D eigenvalue weighted by atomic mass is 10.1. The third-order valence-electron chi connectivity index (χ3n) is 4.60. The number of nitrogens with one attached hydrogen (secondary N) is 1. The van der Waals surface area contributed by atoms with Crippen LogP contribution in [0.2, 0.25) is 0 Å². The van der Waals surface area contributed by atoms with Crippen LogP contribution in [0.25, 0.3) is 0 Å². The molecule has 0 bridgehead atoms. The lowest BCUT2D eigenvalue weighted by molar-refractivity contribution is -0.384. The topological polar surface area (TPSA) is 119 Å². The molecule has 0 aliphatic rings. The smallest absolute Gasteiger partial charge is 0.271 e. The van der Waals surface area contributed by atoms with Gasteiger partial charge in [-0.25, -0.2) is 8.42 Å². The van der Waals surface area contributed by atoms with Crippen LogP contribution in [0, 0.1) is 17.0 Å². The molecule has 0 saturated heterocycles. The first kappa shape index (κ1) is 23.1. The molecule has 0 saturated carbocycles. The van der Waals surface area contributed by atoms with Crippen LogP contribution in [0.1, 0.15) is 18.1 Å². The second kappa shape index (κ2) is 9.57. The molecule has 0 heterocycles. The normalized spacial score (nSPS) is 12.1. The van der Waals surface area contributed by atoms with Crippen LogP contribution < -0.4 is 14.4 Å². The van der Waals surface area contributed by atoms with Crippen LogP contribution in [-0.2, 0) is 21.2 Å². The fourth-order valence-electron chi connectivity index (χ4n) is 3.00. The summed E-state index contributed by atoms with van der Waals surface area (Å²) >= 11 is 0. The summed E-state index contributed by atoms with van der Waals surface area (Å²) in [4.78, 5) is 23.2. The minimum absolute atomic E-state index is 0.101. The Kier molecular flexibility index (Phi) is 7.38. The Morgan fingerprint density at radius 3 is 2.40 bits per heavy atom. The molecule has 1 amide bonds. The van der Waals surface area contributed by atoms with Gasteiger partial charge < -0.3 is 10.1 Å². The maximum absolute atomic E-state index is 12.7. The van der Waals surface area contributed by atoms with Gasteiger partial charge >= 0.3 is 0 Å². The maximum Gasteiger partial charge on any atom is 0.271 e. The maximum atomic E-state index is 12.7. The number of methoxy groups -OCH3 is 1. The lowest BCUT2D eigenvalue weighted by Crippen LogP contribution is -2.48. The van der Waals surface area contributed by atoms with Crippen LogP contribution in [0.4, 0.5) is 11.4 Å². The van der Waals surface area contributed by atoms with Crippen molar-refractivity contribution in [3.05, 3.63) is 63.7 Å². The minimum atomic E-state index is -3.88. The van der Waals surface area contributed by atoms with Gasteiger partial charge in [-0.05, 0) is 43.5 Å². The second-order valence-electron chi connectivity index (χ2n) is 6.85. The number of benzene rings is 2. The second-order valence-corrected chi connectivity index (χ2v) is 8.71. The molecule has 2 rings (SSSR count). The number of ether oxygens (including phenoxy) is 1. The third-order valence-corrected chi connectivity index (χ3v) is 5.83. The summed E-state index contributed by atoms with van der Waals surface area (Å²) in [6.45, 7) is 3.38. The van der Waals surface area contributed by atoms with Gasteiger partial charge in [-0.2, -0.15) is 0 Å². The van der Waals surface area contributed by atoms with Crippen molar-refractivity contribution in [3.63, 3.8) is 0 Å². The van der Waals surface area contributed by atoms with E-state index in [1.807, 2.05) is 24.3 Å². The Labute approximate surface area is 175 Å². The fraction of sp³-hybridized carbons (Fsp3) is 0.350. The molecule has 10 heteroatoms. The van der Waals surface area contributed by atoms with Gasteiger partial charge in [-0.15, -0.1) is 0 Å². The average Bonchev–Trinajstić information content (AvgIpc) is 2.68. The predicted octanol–water partition coefficient (Wildman–Crippen LogP) is 2.43. The van der Waals surface area contributed by atoms with Crippen molar-refractivity contribution in [1.82, 2.24) is 5.32 Å². The highest BCUT2D eigenvalue weighted by atomic mass is 32.2. The van der Waals surface area contributed by atoms with Crippen molar-refractivity contribution in [2.45, 2.75) is 26.3 Å². The van der Waals surface area contributed by atoms with E-state index in [1.54, 1.807) is 14.0 Å². The van der Waals surface area contributed by atoms with Gasteiger partial charge in [0.25, 0.3) is 5.69 Å². The van der Waals surface area contributed by atoms with Crippen LogP contribution in [0.5, 0.6) is 5.75 Å². The number of rotatable bonds is 9. The Balaban J connectivity index is 2.17. The van der Waals surface area contributed by atoms with Crippen molar-refractivity contribution in [1.29, 1.82) is 0 Å². The number of aryl methyl sites for hydroxylation is 1. The number of nitrogens with zero attached hydrogens (tertiary/aromatic N) is 2. The first-order valence-corrected chi connectivity index (χ1v) is 11.0. The van der Waals surface area contributed by atoms with E-state index in [1.165, 1.54) is 19.1 Å². The average molecular weight is 436 g/mol. The molecule has 30 heavy (non-hydrogen) atoms. The van der Waals surface area contributed by atoms with Crippen molar-refractivity contribution < 1.29 is 22.9 Å². The molecule has 162 valence electrons. The molecule has 0 aliphatic carbocycles. The number of nitro benzene ring substituents is 1. The van der Waals surface area contributed by atoms with E-state index in [-0.39, 0.29) is 11.4 Å². The van der Waals surface area contributed by atoms with Crippen LogP contribution in [0.3, 0.4) is 0 Å². The molecule has 0 aliphatic heterocycles. The first-order valence-electron chi connectivity index (χ1n) is 9.19. The van der Waals surface area contributed by atoms with Crippen LogP contribution in [-0.4, -0.2) is 45.2 Å². The van der Waals surface area contributed by atoms with Gasteiger partial charge in [0.15, 0.2) is 0 Å². The van der Waals surface area contributed by atoms with Crippen molar-refractivity contribution in [3.8, 4) is 5.75 Å². The quantitative estimate of drug-likeness (QED) is 0.477. The molecule has 0 radical (unpaired) electrons. The molecule has 0 unspecified atom stereocenters. The summed E-state index contributed by atoms with van der Waals surface area (Å²) < 4.78 is 30.9. The van der Waals surface area contributed by atoms with Crippen LogP contribution >= 0.6 is 0 Å². The zero-order valence-electron chi connectivity index (χ0n) is 17.3. The molecule has 1 N–H and O–H groups in total. The summed E-state index contributed by atoms with van der Waals surface area (Å²) in [6.07, 6.45) is 1.52. The zero-order chi connectivity index (χ0) is 22.5. The van der Waals surface area contributed by atoms with E-state index in [0.29, 0.717) is 18.5 Å². The highest BCUT2D eigenvalue weighted by Gasteiger charge is 2.31. The van der Waals surface area contributed by atoms with Gasteiger partial charge in [-0.3, -0.25) is 19.2 Å². The summed E-state index contributed by atoms with van der Waals surface area (Å²) in [5.41, 5.74) is 1.34. The van der Waals surface area contributed by atoms with E-state index in [2.05, 4.69) is 5.32 Å². The summed E-state index contributed by atoms with van der Waals surface area (Å²) in [6, 6.07) is 10.2. The van der Waals surface area contributed by atoms with Gasteiger partial charge in [-0.1, -0.05) is 18.2 Å². The Morgan fingerprint density at radius 2 is 1.87 bits per heavy atom. The lowest BCUT2D eigenvalue weighted by Gasteiger charge is -2.29. The number of carbonyl (C=O) groups excluding carboxylic acids is 1. The standard InChI is InChI=1S/C20H25N3O6S/c1-14-5-8-17(23(25)26)13-19(14)22(30(4,27)28)15(2)20(24)21-12-11-16-6-9-18(29-3)10-7-16/h5-10,13,15H,11-12H2,1-4H3,(H,21,24)/t15-/m0/s1. The molecule has 1 atom stereocenters. The number of amides is 1. The summed E-state index contributed by atoms with van der Waals surface area (Å²) in [5.74, 6) is 0.229.